The number of rotatable bonds is 7. The maximum Gasteiger partial charge on any atom is 0.269 e. The lowest BCUT2D eigenvalue weighted by Gasteiger charge is -2.30. The number of benzene rings is 1. The van der Waals surface area contributed by atoms with Crippen LogP contribution in [0.25, 0.3) is 0 Å². The lowest BCUT2D eigenvalue weighted by Crippen LogP contribution is -2.34. The van der Waals surface area contributed by atoms with Gasteiger partial charge in [0.25, 0.3) is 5.69 Å². The van der Waals surface area contributed by atoms with Crippen LogP contribution in [0, 0.1) is 16.0 Å². The molecular formula is C15H22N2O2. The summed E-state index contributed by atoms with van der Waals surface area (Å²) in [5.74, 6) is 0.877. The average molecular weight is 262 g/mol. The Morgan fingerprint density at radius 1 is 1.37 bits per heavy atom. The molecule has 19 heavy (non-hydrogen) atoms. The second kappa shape index (κ2) is 6.66. The number of nitrogens with zero attached hydrogens (tertiary/aromatic N) is 1. The summed E-state index contributed by atoms with van der Waals surface area (Å²) in [5.41, 5.74) is 1.35. The molecule has 1 N–H and O–H groups in total. The highest BCUT2D eigenvalue weighted by molar-refractivity contribution is 5.33. The van der Waals surface area contributed by atoms with E-state index in [0.29, 0.717) is 6.04 Å². The van der Waals surface area contributed by atoms with Gasteiger partial charge in [-0.05, 0) is 30.9 Å². The van der Waals surface area contributed by atoms with Crippen molar-refractivity contribution >= 4 is 5.69 Å². The lowest BCUT2D eigenvalue weighted by atomic mass is 9.80. The molecule has 1 aliphatic rings. The van der Waals surface area contributed by atoms with Gasteiger partial charge in [-0.1, -0.05) is 38.3 Å². The molecule has 4 heteroatoms. The first-order chi connectivity index (χ1) is 9.19. The minimum absolute atomic E-state index is 0.169. The van der Waals surface area contributed by atoms with Crippen LogP contribution < -0.4 is 5.32 Å². The summed E-state index contributed by atoms with van der Waals surface area (Å²) in [5, 5.41) is 14.2. The fraction of sp³-hybridized carbons (Fsp3) is 0.600. The van der Waals surface area contributed by atoms with Gasteiger partial charge >= 0.3 is 0 Å². The van der Waals surface area contributed by atoms with Crippen LogP contribution in [-0.2, 0) is 6.42 Å². The summed E-state index contributed by atoms with van der Waals surface area (Å²) in [4.78, 5) is 10.3. The average Bonchev–Trinajstić information content (AvgIpc) is 2.34. The highest BCUT2D eigenvalue weighted by Gasteiger charge is 2.21. The third kappa shape index (κ3) is 4.03. The van der Waals surface area contributed by atoms with Crippen LogP contribution in [0.1, 0.15) is 38.2 Å². The minimum atomic E-state index is -0.347. The first-order valence-corrected chi connectivity index (χ1v) is 7.15. The van der Waals surface area contributed by atoms with E-state index in [1.807, 2.05) is 12.1 Å². The monoisotopic (exact) mass is 262 g/mol. The molecule has 1 fully saturated rings. The van der Waals surface area contributed by atoms with Gasteiger partial charge in [-0.15, -0.1) is 0 Å². The fourth-order valence-corrected chi connectivity index (χ4v) is 2.70. The molecule has 1 aliphatic carbocycles. The van der Waals surface area contributed by atoms with Gasteiger partial charge in [0.15, 0.2) is 0 Å². The number of likely N-dealkylation sites (N-methyl/N-ethyl adjacent to an activating group) is 1. The molecule has 1 atom stereocenters. The van der Waals surface area contributed by atoms with Gasteiger partial charge in [0.05, 0.1) is 4.92 Å². The molecule has 1 saturated carbocycles. The van der Waals surface area contributed by atoms with E-state index in [-0.39, 0.29) is 10.6 Å². The third-order valence-corrected chi connectivity index (χ3v) is 3.96. The summed E-state index contributed by atoms with van der Waals surface area (Å²) >= 11 is 0. The maximum atomic E-state index is 10.6. The molecule has 104 valence electrons. The molecule has 0 aliphatic heterocycles. The van der Waals surface area contributed by atoms with E-state index in [4.69, 9.17) is 0 Å². The molecule has 1 aromatic rings. The van der Waals surface area contributed by atoms with Gasteiger partial charge in [0, 0.05) is 18.2 Å². The van der Waals surface area contributed by atoms with Gasteiger partial charge in [-0.2, -0.15) is 0 Å². The topological polar surface area (TPSA) is 55.2 Å². The molecule has 2 rings (SSSR count). The van der Waals surface area contributed by atoms with Gasteiger partial charge in [0.2, 0.25) is 0 Å². The van der Waals surface area contributed by atoms with Crippen molar-refractivity contribution in [2.24, 2.45) is 5.92 Å². The van der Waals surface area contributed by atoms with Crippen LogP contribution in [0.5, 0.6) is 0 Å². The molecule has 0 spiro atoms. The number of hydrogen-bond donors (Lipinski definition) is 1. The number of non-ortho nitro benzene ring substituents is 1. The molecule has 0 aromatic heterocycles. The van der Waals surface area contributed by atoms with Crippen LogP contribution in [0.4, 0.5) is 5.69 Å². The van der Waals surface area contributed by atoms with Gasteiger partial charge in [-0.25, -0.2) is 0 Å². The Kier molecular flexibility index (Phi) is 4.91. The zero-order chi connectivity index (χ0) is 13.7. The zero-order valence-electron chi connectivity index (χ0n) is 11.5. The molecule has 1 unspecified atom stereocenters. The summed E-state index contributed by atoms with van der Waals surface area (Å²) in [6.07, 6.45) is 6.29. The van der Waals surface area contributed by atoms with Gasteiger partial charge < -0.3 is 5.32 Å². The Balaban J connectivity index is 1.93. The molecule has 0 radical (unpaired) electrons. The quantitative estimate of drug-likeness (QED) is 0.606. The normalized spacial score (nSPS) is 16.9. The molecule has 0 amide bonds. The van der Waals surface area contributed by atoms with Crippen LogP contribution in [-0.4, -0.2) is 17.5 Å². The molecule has 4 nitrogen and oxygen atoms in total. The standard InChI is InChI=1S/C15H22N2O2/c1-2-16-14(10-12-4-3-5-12)11-13-6-8-15(9-7-13)17(18)19/h6-9,12,14,16H,2-5,10-11H2,1H3. The molecule has 0 heterocycles. The SMILES string of the molecule is CCNC(Cc1ccc([N+](=O)[O-])cc1)CC1CCC1. The van der Waals surface area contributed by atoms with Crippen molar-refractivity contribution in [3.05, 3.63) is 39.9 Å². The van der Waals surface area contributed by atoms with E-state index in [0.717, 1.165) is 18.9 Å². The number of nitrogens with one attached hydrogen (secondary N) is 1. The number of hydrogen-bond acceptors (Lipinski definition) is 3. The summed E-state index contributed by atoms with van der Waals surface area (Å²) in [6.45, 7) is 3.11. The zero-order valence-corrected chi connectivity index (χ0v) is 11.5. The minimum Gasteiger partial charge on any atom is -0.314 e. The van der Waals surface area contributed by atoms with E-state index >= 15 is 0 Å². The van der Waals surface area contributed by atoms with Crippen molar-refractivity contribution in [3.63, 3.8) is 0 Å². The second-order valence-corrected chi connectivity index (χ2v) is 5.41. The van der Waals surface area contributed by atoms with E-state index in [1.54, 1.807) is 12.1 Å². The second-order valence-electron chi connectivity index (χ2n) is 5.41. The summed E-state index contributed by atoms with van der Waals surface area (Å²) in [6, 6.07) is 7.45. The highest BCUT2D eigenvalue weighted by atomic mass is 16.6. The van der Waals surface area contributed by atoms with Crippen LogP contribution in [0.3, 0.4) is 0 Å². The first-order valence-electron chi connectivity index (χ1n) is 7.15. The third-order valence-electron chi connectivity index (χ3n) is 3.96. The predicted molar refractivity (Wildman–Crippen MR) is 76.2 cm³/mol. The van der Waals surface area contributed by atoms with Crippen molar-refractivity contribution in [1.82, 2.24) is 5.32 Å². The Hall–Kier alpha value is -1.42. The van der Waals surface area contributed by atoms with Crippen LogP contribution in [0.15, 0.2) is 24.3 Å². The van der Waals surface area contributed by atoms with Crippen molar-refractivity contribution in [3.8, 4) is 0 Å². The van der Waals surface area contributed by atoms with Gasteiger partial charge in [-0.3, -0.25) is 10.1 Å². The van der Waals surface area contributed by atoms with Crippen molar-refractivity contribution in [1.29, 1.82) is 0 Å². The van der Waals surface area contributed by atoms with E-state index in [1.165, 1.54) is 31.2 Å². The Labute approximate surface area is 114 Å². The fourth-order valence-electron chi connectivity index (χ4n) is 2.70. The number of nitro groups is 1. The smallest absolute Gasteiger partial charge is 0.269 e. The van der Waals surface area contributed by atoms with E-state index in [2.05, 4.69) is 12.2 Å². The molecule has 0 saturated heterocycles. The van der Waals surface area contributed by atoms with Gasteiger partial charge in [0.1, 0.15) is 0 Å². The Morgan fingerprint density at radius 3 is 2.53 bits per heavy atom. The largest absolute Gasteiger partial charge is 0.314 e. The Morgan fingerprint density at radius 2 is 2.05 bits per heavy atom. The predicted octanol–water partition coefficient (Wildman–Crippen LogP) is 3.31. The van der Waals surface area contributed by atoms with Crippen molar-refractivity contribution in [2.45, 2.75) is 45.1 Å². The van der Waals surface area contributed by atoms with Crippen LogP contribution in [0.2, 0.25) is 0 Å². The molecule has 1 aromatic carbocycles. The van der Waals surface area contributed by atoms with E-state index in [9.17, 15) is 10.1 Å². The van der Waals surface area contributed by atoms with Crippen molar-refractivity contribution in [2.75, 3.05) is 6.54 Å². The van der Waals surface area contributed by atoms with Crippen molar-refractivity contribution < 1.29 is 4.92 Å². The number of nitro benzene ring substituents is 1. The summed E-state index contributed by atoms with van der Waals surface area (Å²) < 4.78 is 0. The Bertz CT molecular complexity index is 413. The van der Waals surface area contributed by atoms with E-state index < -0.39 is 0 Å². The van der Waals surface area contributed by atoms with Crippen LogP contribution >= 0.6 is 0 Å². The highest BCUT2D eigenvalue weighted by Crippen LogP contribution is 2.31. The lowest BCUT2D eigenvalue weighted by molar-refractivity contribution is -0.384. The summed E-state index contributed by atoms with van der Waals surface area (Å²) in [7, 11) is 0. The first kappa shape index (κ1) is 14.0. The molecular weight excluding hydrogens is 240 g/mol. The molecule has 0 bridgehead atoms. The maximum absolute atomic E-state index is 10.6.